The predicted octanol–water partition coefficient (Wildman–Crippen LogP) is 14.7. The molecule has 2 nitrogen and oxygen atoms in total. The third-order valence-corrected chi connectivity index (χ3v) is 26.7. The summed E-state index contributed by atoms with van der Waals surface area (Å²) in [4.78, 5) is 0. The van der Waals surface area contributed by atoms with Gasteiger partial charge in [-0.3, -0.25) is 0 Å². The molecule has 0 aromatic heterocycles. The summed E-state index contributed by atoms with van der Waals surface area (Å²) in [5.41, 5.74) is 7.94. The van der Waals surface area contributed by atoms with Crippen molar-refractivity contribution in [2.75, 3.05) is 5.33 Å². The molecule has 4 atom stereocenters. The monoisotopic (exact) mass is 748 g/mol. The molecular weight excluding hydrogens is 673 g/mol. The van der Waals surface area contributed by atoms with E-state index in [-0.39, 0.29) is 0 Å². The van der Waals surface area contributed by atoms with Gasteiger partial charge in [-0.1, -0.05) is 143 Å². The standard InChI is InChI=1S/C42H77BrO2Si2/c1-29(2)46(30(3)4,31(5)6)44-42(45-47(32(7)8,33(9)10)34(11)12)26-24-35(13)38(28-42)21-20-37-19-16-25-41(15)39(22-23-40(37)41)36(14)18-17-27-43/h20-21,29-34,36,39-40H,13,16-19,22-28H2,1-12,14-15H3/b37-20?,38-21+/t36-,39-,40+,41-/m1/s1. The van der Waals surface area contributed by atoms with E-state index in [0.717, 1.165) is 42.3 Å². The largest absolute Gasteiger partial charge is 0.390 e. The van der Waals surface area contributed by atoms with E-state index in [9.17, 15) is 0 Å². The highest BCUT2D eigenvalue weighted by atomic mass is 79.9. The number of rotatable bonds is 15. The van der Waals surface area contributed by atoms with Gasteiger partial charge in [0.05, 0.1) is 0 Å². The van der Waals surface area contributed by atoms with Crippen LogP contribution in [0.4, 0.5) is 0 Å². The summed E-state index contributed by atoms with van der Waals surface area (Å²) in [5.74, 6) is 1.81. The molecule has 0 unspecified atom stereocenters. The zero-order valence-electron chi connectivity index (χ0n) is 33.5. The Hall–Kier alpha value is 0.0538. The summed E-state index contributed by atoms with van der Waals surface area (Å²) in [6.07, 6.45) is 17.2. The highest BCUT2D eigenvalue weighted by molar-refractivity contribution is 9.09. The first-order valence-corrected chi connectivity index (χ1v) is 25.3. The van der Waals surface area contributed by atoms with E-state index in [1.807, 2.05) is 0 Å². The van der Waals surface area contributed by atoms with Crippen LogP contribution in [0, 0.1) is 23.2 Å². The highest BCUT2D eigenvalue weighted by Gasteiger charge is 2.57. The molecule has 5 heteroatoms. The lowest BCUT2D eigenvalue weighted by atomic mass is 9.61. The molecule has 272 valence electrons. The van der Waals surface area contributed by atoms with Gasteiger partial charge in [-0.05, 0) is 113 Å². The van der Waals surface area contributed by atoms with Gasteiger partial charge in [0.2, 0.25) is 16.6 Å². The lowest BCUT2D eigenvalue weighted by molar-refractivity contribution is -0.145. The van der Waals surface area contributed by atoms with Crippen LogP contribution in [0.25, 0.3) is 0 Å². The maximum absolute atomic E-state index is 7.93. The maximum atomic E-state index is 7.93. The van der Waals surface area contributed by atoms with Gasteiger partial charge in [-0.15, -0.1) is 0 Å². The van der Waals surface area contributed by atoms with Crippen LogP contribution in [0.2, 0.25) is 33.2 Å². The Morgan fingerprint density at radius 1 is 0.766 bits per heavy atom. The van der Waals surface area contributed by atoms with Crippen LogP contribution in [-0.2, 0) is 8.85 Å². The molecule has 3 aliphatic rings. The second-order valence-electron chi connectivity index (χ2n) is 18.4. The van der Waals surface area contributed by atoms with E-state index in [2.05, 4.69) is 132 Å². The molecule has 0 aromatic carbocycles. The van der Waals surface area contributed by atoms with Crippen LogP contribution in [-0.4, -0.2) is 27.8 Å². The highest BCUT2D eigenvalue weighted by Crippen LogP contribution is 2.60. The van der Waals surface area contributed by atoms with Crippen LogP contribution < -0.4 is 0 Å². The molecule has 0 spiro atoms. The van der Waals surface area contributed by atoms with E-state index in [0.29, 0.717) is 38.7 Å². The fourth-order valence-electron chi connectivity index (χ4n) is 11.8. The summed E-state index contributed by atoms with van der Waals surface area (Å²) in [6, 6.07) is 0. The Morgan fingerprint density at radius 3 is 1.74 bits per heavy atom. The summed E-state index contributed by atoms with van der Waals surface area (Å²) >= 11 is 3.69. The van der Waals surface area contributed by atoms with Gasteiger partial charge >= 0.3 is 0 Å². The van der Waals surface area contributed by atoms with Crippen molar-refractivity contribution in [2.24, 2.45) is 23.2 Å². The van der Waals surface area contributed by atoms with Gasteiger partial charge in [0.25, 0.3) is 0 Å². The lowest BCUT2D eigenvalue weighted by Gasteiger charge is -2.56. The van der Waals surface area contributed by atoms with Crippen molar-refractivity contribution in [2.45, 2.75) is 200 Å². The summed E-state index contributed by atoms with van der Waals surface area (Å²) in [5, 5.41) is 1.13. The first-order valence-electron chi connectivity index (χ1n) is 19.9. The minimum atomic E-state index is -2.23. The molecule has 0 aliphatic heterocycles. The number of allylic oxidation sites excluding steroid dienone is 4. The molecule has 47 heavy (non-hydrogen) atoms. The summed E-state index contributed by atoms with van der Waals surface area (Å²) in [6.45, 7) is 39.0. The Morgan fingerprint density at radius 2 is 1.28 bits per heavy atom. The SMILES string of the molecule is C=C1CCC(O[Si](C(C)C)(C(C)C)C(C)C)(O[Si](C(C)C)(C(C)C)C(C)C)C/C1=C\C=C1CCC[C@]2(C)[C@@H]([C@H](C)CCCBr)CC[C@@H]12. The lowest BCUT2D eigenvalue weighted by Crippen LogP contribution is -2.62. The molecule has 3 saturated carbocycles. The Bertz CT molecular complexity index is 1020. The topological polar surface area (TPSA) is 18.5 Å². The number of hydrogen-bond acceptors (Lipinski definition) is 2. The zero-order valence-corrected chi connectivity index (χ0v) is 37.1. The van der Waals surface area contributed by atoms with Crippen molar-refractivity contribution in [1.29, 1.82) is 0 Å². The average Bonchev–Trinajstić information content (AvgIpc) is 3.34. The number of alkyl halides is 1. The minimum absolute atomic E-state index is 0.446. The smallest absolute Gasteiger partial charge is 0.204 e. The molecule has 0 amide bonds. The normalized spacial score (nSPS) is 28.2. The molecule has 3 aliphatic carbocycles. The first kappa shape index (κ1) is 41.5. The Labute approximate surface area is 304 Å². The first-order chi connectivity index (χ1) is 21.8. The van der Waals surface area contributed by atoms with Gasteiger partial charge in [-0.2, -0.15) is 0 Å². The van der Waals surface area contributed by atoms with Gasteiger partial charge in [0.15, 0.2) is 5.79 Å². The molecule has 0 bridgehead atoms. The fourth-order valence-corrected chi connectivity index (χ4v) is 23.3. The second-order valence-corrected chi connectivity index (χ2v) is 29.9. The van der Waals surface area contributed by atoms with Gasteiger partial charge < -0.3 is 8.85 Å². The third kappa shape index (κ3) is 8.25. The molecular formula is C42H77BrO2Si2. The van der Waals surface area contributed by atoms with E-state index in [1.54, 1.807) is 5.57 Å². The van der Waals surface area contributed by atoms with Crippen LogP contribution in [0.5, 0.6) is 0 Å². The second kappa shape index (κ2) is 16.6. The van der Waals surface area contributed by atoms with Crippen LogP contribution in [0.3, 0.4) is 0 Å². The molecule has 3 rings (SSSR count). The molecule has 0 heterocycles. The molecule has 3 fully saturated rings. The van der Waals surface area contributed by atoms with E-state index in [4.69, 9.17) is 8.85 Å². The minimum Gasteiger partial charge on any atom is -0.390 e. The number of hydrogen-bond donors (Lipinski definition) is 0. The van der Waals surface area contributed by atoms with Crippen LogP contribution in [0.15, 0.2) is 35.5 Å². The van der Waals surface area contributed by atoms with Crippen molar-refractivity contribution in [3.63, 3.8) is 0 Å². The van der Waals surface area contributed by atoms with Crippen molar-refractivity contribution >= 4 is 32.6 Å². The van der Waals surface area contributed by atoms with E-state index >= 15 is 0 Å². The van der Waals surface area contributed by atoms with Gasteiger partial charge in [0, 0.05) is 18.2 Å². The van der Waals surface area contributed by atoms with Crippen molar-refractivity contribution < 1.29 is 8.85 Å². The third-order valence-electron chi connectivity index (χ3n) is 13.9. The molecule has 0 aromatic rings. The van der Waals surface area contributed by atoms with Crippen molar-refractivity contribution in [3.8, 4) is 0 Å². The summed E-state index contributed by atoms with van der Waals surface area (Å²) in [7, 11) is -4.46. The Balaban J connectivity index is 2.10. The number of halogens is 1. The average molecular weight is 750 g/mol. The van der Waals surface area contributed by atoms with Crippen LogP contribution in [0.1, 0.15) is 161 Å². The van der Waals surface area contributed by atoms with Crippen LogP contribution >= 0.6 is 15.9 Å². The quantitative estimate of drug-likeness (QED) is 0.0943. The number of fused-ring (bicyclic) bond motifs is 1. The molecule has 0 saturated heterocycles. The summed E-state index contributed by atoms with van der Waals surface area (Å²) < 4.78 is 15.9. The van der Waals surface area contributed by atoms with E-state index in [1.165, 1.54) is 56.1 Å². The molecule has 0 N–H and O–H groups in total. The Kier molecular flexibility index (Phi) is 14.6. The van der Waals surface area contributed by atoms with Gasteiger partial charge in [0.1, 0.15) is 0 Å². The van der Waals surface area contributed by atoms with Crippen molar-refractivity contribution in [1.82, 2.24) is 0 Å². The van der Waals surface area contributed by atoms with E-state index < -0.39 is 22.4 Å². The predicted molar refractivity (Wildman–Crippen MR) is 217 cm³/mol. The fraction of sp³-hybridized carbons (Fsp3) is 0.857. The van der Waals surface area contributed by atoms with Crippen molar-refractivity contribution in [3.05, 3.63) is 35.5 Å². The zero-order chi connectivity index (χ0) is 35.5. The van der Waals surface area contributed by atoms with Gasteiger partial charge in [-0.25, -0.2) is 0 Å². The maximum Gasteiger partial charge on any atom is 0.204 e. The molecule has 0 radical (unpaired) electrons.